The highest BCUT2D eigenvalue weighted by Crippen LogP contribution is 2.18. The lowest BCUT2D eigenvalue weighted by Gasteiger charge is -2.33. The highest BCUT2D eigenvalue weighted by Gasteiger charge is 2.42. The van der Waals surface area contributed by atoms with Gasteiger partial charge in [0, 0.05) is 10.5 Å². The predicted octanol–water partition coefficient (Wildman–Crippen LogP) is 0.268. The van der Waals surface area contributed by atoms with Crippen molar-refractivity contribution in [2.45, 2.75) is 31.7 Å². The van der Waals surface area contributed by atoms with Crippen molar-refractivity contribution < 1.29 is 28.4 Å². The van der Waals surface area contributed by atoms with Crippen LogP contribution in [0, 0.1) is 0 Å². The molecule has 0 aromatic carbocycles. The van der Waals surface area contributed by atoms with Gasteiger partial charge in [0.25, 0.3) is 0 Å². The number of rotatable bonds is 7. The Balaban J connectivity index is 4.93. The van der Waals surface area contributed by atoms with Gasteiger partial charge in [0.05, 0.1) is 27.6 Å². The molecule has 5 nitrogen and oxygen atoms in total. The van der Waals surface area contributed by atoms with E-state index in [1.807, 2.05) is 0 Å². The molecule has 0 aliphatic rings. The molecule has 0 aliphatic carbocycles. The number of likely N-dealkylation sites (N-methyl/N-ethyl adjacent to an activating group) is 1. The number of aliphatic carboxylic acids is 1. The molecule has 1 atom stereocenters. The van der Waals surface area contributed by atoms with E-state index >= 15 is 0 Å². The lowest BCUT2D eigenvalue weighted by atomic mass is 9.90. The molecule has 5 heteroatoms. The molecule has 0 rings (SSSR count). The van der Waals surface area contributed by atoms with Crippen molar-refractivity contribution >= 4 is 11.8 Å². The average molecular weight is 235 g/mol. The third kappa shape index (κ3) is 5.23. The number of Topliss-reactive ketones (excluding diaryl/α,β-unsaturated/α-hetero) is 1. The number of quaternary nitrogens is 1. The average Bonchev–Trinajstić information content (AvgIpc) is 2.07. The van der Waals surface area contributed by atoms with Crippen LogP contribution in [-0.2, 0) is 9.59 Å². The summed E-state index contributed by atoms with van der Waals surface area (Å²) in [6.07, 6.45) is -1.45. The fourth-order valence-corrected chi connectivity index (χ4v) is 1.62. The van der Waals surface area contributed by atoms with E-state index in [4.69, 9.17) is 9.22 Å². The van der Waals surface area contributed by atoms with Crippen LogP contribution in [0.5, 0.6) is 0 Å². The Morgan fingerprint density at radius 1 is 1.38 bits per heavy atom. The smallest absolute Gasteiger partial charge is 0.306 e. The van der Waals surface area contributed by atoms with Gasteiger partial charge in [-0.05, 0) is 6.42 Å². The minimum absolute atomic E-state index is 0.0842. The quantitative estimate of drug-likeness (QED) is 0.621. The van der Waals surface area contributed by atoms with Gasteiger partial charge in [-0.2, -0.15) is 0 Å². The summed E-state index contributed by atoms with van der Waals surface area (Å²) in [4.78, 5) is 22.7. The molecule has 0 aliphatic heterocycles. The number of nitrogens with zero attached hydrogens (tertiary/aromatic N) is 1. The number of carbonyl (C=O) groups is 2. The fourth-order valence-electron chi connectivity index (χ4n) is 1.62. The molecule has 94 valence electrons. The van der Waals surface area contributed by atoms with Crippen LogP contribution in [0.25, 0.3) is 0 Å². The first-order chi connectivity index (χ1) is 8.25. The second kappa shape index (κ2) is 5.41. The number of carboxylic acids is 1. The van der Waals surface area contributed by atoms with Crippen molar-refractivity contribution in [1.82, 2.24) is 0 Å². The van der Waals surface area contributed by atoms with Gasteiger partial charge in [-0.3, -0.25) is 9.59 Å². The van der Waals surface area contributed by atoms with Gasteiger partial charge in [0.1, 0.15) is 6.54 Å². The molecular formula is C11H22NO4+. The van der Waals surface area contributed by atoms with Gasteiger partial charge >= 0.3 is 5.97 Å². The molecule has 0 radical (unpaired) electrons. The molecule has 0 bridgehead atoms. The van der Waals surface area contributed by atoms with Gasteiger partial charge in [-0.25, -0.2) is 0 Å². The van der Waals surface area contributed by atoms with Crippen molar-refractivity contribution in [2.75, 3.05) is 27.7 Å². The Kier molecular flexibility index (Phi) is 3.46. The summed E-state index contributed by atoms with van der Waals surface area (Å²) in [5.41, 5.74) is -2.03. The zero-order valence-corrected chi connectivity index (χ0v) is 9.99. The molecule has 0 aromatic rings. The van der Waals surface area contributed by atoms with E-state index in [9.17, 15) is 14.7 Å². The Morgan fingerprint density at radius 2 is 1.94 bits per heavy atom. The van der Waals surface area contributed by atoms with E-state index in [-0.39, 0.29) is 23.9 Å². The summed E-state index contributed by atoms with van der Waals surface area (Å²) in [7, 11) is 5.14. The summed E-state index contributed by atoms with van der Waals surface area (Å²) >= 11 is 0. The largest absolute Gasteiger partial charge is 0.481 e. The third-order valence-electron chi connectivity index (χ3n) is 2.05. The third-order valence-corrected chi connectivity index (χ3v) is 2.05. The van der Waals surface area contributed by atoms with E-state index in [0.717, 1.165) is 0 Å². The van der Waals surface area contributed by atoms with Gasteiger partial charge in [0.15, 0.2) is 11.4 Å². The van der Waals surface area contributed by atoms with E-state index in [1.165, 1.54) is 0 Å². The van der Waals surface area contributed by atoms with Crippen LogP contribution in [0.1, 0.15) is 30.2 Å². The summed E-state index contributed by atoms with van der Waals surface area (Å²) in [5, 5.41) is 19.0. The number of carboxylic acid groups (broad SMARTS) is 1. The molecule has 0 spiro atoms. The lowest BCUT2D eigenvalue weighted by Crippen LogP contribution is -2.54. The SMILES string of the molecule is [2H]C([2H])([2H])CCC(=O)C(O)(CC(=O)O)C[N+](C)(C)C. The molecule has 0 heterocycles. The minimum atomic E-state index is -2.27. The van der Waals surface area contributed by atoms with E-state index in [0.29, 0.717) is 0 Å². The predicted molar refractivity (Wildman–Crippen MR) is 60.0 cm³/mol. The maximum absolute atomic E-state index is 12.0. The zero-order valence-electron chi connectivity index (χ0n) is 13.0. The van der Waals surface area contributed by atoms with E-state index in [2.05, 4.69) is 0 Å². The van der Waals surface area contributed by atoms with E-state index in [1.54, 1.807) is 21.1 Å². The van der Waals surface area contributed by atoms with Crippen LogP contribution in [0.15, 0.2) is 0 Å². The van der Waals surface area contributed by atoms with Gasteiger partial charge < -0.3 is 14.7 Å². The topological polar surface area (TPSA) is 74.6 Å². The van der Waals surface area contributed by atoms with Crippen LogP contribution >= 0.6 is 0 Å². The van der Waals surface area contributed by atoms with Crippen LogP contribution in [0.3, 0.4) is 0 Å². The maximum Gasteiger partial charge on any atom is 0.306 e. The molecule has 0 saturated heterocycles. The van der Waals surface area contributed by atoms with Crippen LogP contribution in [-0.4, -0.2) is 59.7 Å². The molecule has 16 heavy (non-hydrogen) atoms. The molecule has 0 aromatic heterocycles. The molecule has 0 fully saturated rings. The van der Waals surface area contributed by atoms with Gasteiger partial charge in [0.2, 0.25) is 0 Å². The van der Waals surface area contributed by atoms with Crippen molar-refractivity contribution in [3.05, 3.63) is 0 Å². The molecular weight excluding hydrogens is 210 g/mol. The first-order valence-corrected chi connectivity index (χ1v) is 5.03. The van der Waals surface area contributed by atoms with Crippen molar-refractivity contribution in [3.8, 4) is 0 Å². The second-order valence-corrected chi connectivity index (χ2v) is 4.97. The minimum Gasteiger partial charge on any atom is -0.481 e. The summed E-state index contributed by atoms with van der Waals surface area (Å²) in [5.74, 6) is -2.03. The number of aliphatic hydroxyl groups is 1. The fraction of sp³-hybridized carbons (Fsp3) is 0.818. The molecule has 0 saturated carbocycles. The number of carbonyl (C=O) groups excluding carboxylic acids is 1. The normalized spacial score (nSPS) is 19.1. The monoisotopic (exact) mass is 235 g/mol. The standard InChI is InChI=1S/C11H21NO4/c1-5-6-9(13)11(16,7-10(14)15)8-12(2,3)4/h16H,5-8H2,1-4H3/p+1/i1D3. The second-order valence-electron chi connectivity index (χ2n) is 4.97. The van der Waals surface area contributed by atoms with Crippen molar-refractivity contribution in [3.63, 3.8) is 0 Å². The van der Waals surface area contributed by atoms with Crippen LogP contribution in [0.4, 0.5) is 0 Å². The van der Waals surface area contributed by atoms with Crippen molar-refractivity contribution in [1.29, 1.82) is 0 Å². The number of hydrogen-bond acceptors (Lipinski definition) is 3. The molecule has 0 amide bonds. The molecule has 1 unspecified atom stereocenters. The maximum atomic E-state index is 12.0. The zero-order chi connectivity index (χ0) is 15.5. The summed E-state index contributed by atoms with van der Waals surface area (Å²) in [6, 6.07) is 0. The Labute approximate surface area is 100 Å². The van der Waals surface area contributed by atoms with Crippen LogP contribution in [0.2, 0.25) is 0 Å². The number of ketones is 1. The Hall–Kier alpha value is -0.940. The first-order valence-electron chi connectivity index (χ1n) is 6.53. The van der Waals surface area contributed by atoms with Gasteiger partial charge in [-0.1, -0.05) is 6.85 Å². The van der Waals surface area contributed by atoms with Crippen molar-refractivity contribution in [2.24, 2.45) is 0 Å². The highest BCUT2D eigenvalue weighted by molar-refractivity contribution is 5.90. The van der Waals surface area contributed by atoms with Crippen LogP contribution < -0.4 is 0 Å². The lowest BCUT2D eigenvalue weighted by molar-refractivity contribution is -0.875. The Morgan fingerprint density at radius 3 is 2.31 bits per heavy atom. The number of hydrogen-bond donors (Lipinski definition) is 2. The first kappa shape index (κ1) is 10.2. The van der Waals surface area contributed by atoms with Gasteiger partial charge in [-0.15, -0.1) is 0 Å². The summed E-state index contributed by atoms with van der Waals surface area (Å²) < 4.78 is 21.3. The molecule has 2 N–H and O–H groups in total. The Bertz CT molecular complexity index is 349. The highest BCUT2D eigenvalue weighted by atomic mass is 16.4. The summed E-state index contributed by atoms with van der Waals surface area (Å²) in [6.45, 7) is -2.35. The van der Waals surface area contributed by atoms with E-state index < -0.39 is 30.6 Å².